The maximum Gasteiger partial charge on any atom is 0.240 e. The summed E-state index contributed by atoms with van der Waals surface area (Å²) < 4.78 is 0. The van der Waals surface area contributed by atoms with Crippen LogP contribution in [0, 0.1) is 0 Å². The van der Waals surface area contributed by atoms with Crippen LogP contribution in [0.5, 0.6) is 0 Å². The summed E-state index contributed by atoms with van der Waals surface area (Å²) in [5, 5.41) is 13.8. The van der Waals surface area contributed by atoms with Gasteiger partial charge in [0.15, 0.2) is 0 Å². The Morgan fingerprint density at radius 1 is 1.25 bits per heavy atom. The number of hydrogen-bond acceptors (Lipinski definition) is 4. The van der Waals surface area contributed by atoms with Gasteiger partial charge in [-0.05, 0) is 12.0 Å². The zero-order valence-electron chi connectivity index (χ0n) is 8.55. The van der Waals surface area contributed by atoms with Gasteiger partial charge in [0.1, 0.15) is 0 Å². The van der Waals surface area contributed by atoms with Crippen molar-refractivity contribution in [3.63, 3.8) is 0 Å². The molecule has 0 fully saturated rings. The second-order valence-electron chi connectivity index (χ2n) is 3.08. The highest BCUT2D eigenvalue weighted by Gasteiger charge is 1.98. The van der Waals surface area contributed by atoms with Crippen LogP contribution in [0.15, 0.2) is 35.4 Å². The van der Waals surface area contributed by atoms with E-state index in [0.717, 1.165) is 5.56 Å². The van der Waals surface area contributed by atoms with Crippen LogP contribution in [0.2, 0.25) is 0 Å². The van der Waals surface area contributed by atoms with Gasteiger partial charge in [0.05, 0.1) is 6.21 Å². The summed E-state index contributed by atoms with van der Waals surface area (Å²) in [6.45, 7) is 0. The molecule has 1 rings (SSSR count). The molecule has 16 heavy (non-hydrogen) atoms. The summed E-state index contributed by atoms with van der Waals surface area (Å²) in [7, 11) is 0. The van der Waals surface area contributed by atoms with Crippen molar-refractivity contribution in [2.24, 2.45) is 5.10 Å². The molecule has 0 spiro atoms. The molecule has 1 aromatic rings. The van der Waals surface area contributed by atoms with Gasteiger partial charge in [-0.2, -0.15) is 5.10 Å². The molecule has 0 aliphatic rings. The second-order valence-corrected chi connectivity index (χ2v) is 3.08. The van der Waals surface area contributed by atoms with Gasteiger partial charge in [0, 0.05) is 12.4 Å². The first kappa shape index (κ1) is 11.9. The van der Waals surface area contributed by atoms with E-state index >= 15 is 0 Å². The van der Waals surface area contributed by atoms with Crippen molar-refractivity contribution in [1.82, 2.24) is 5.43 Å². The minimum Gasteiger partial charge on any atom is -0.550 e. The zero-order valence-corrected chi connectivity index (χ0v) is 8.55. The molecule has 0 saturated heterocycles. The SMILES string of the molecule is O=C([O-])CCC(=O)N/N=C\c1ccccc1. The Labute approximate surface area is 92.8 Å². The number of nitrogens with zero attached hydrogens (tertiary/aromatic N) is 1. The molecule has 5 nitrogen and oxygen atoms in total. The average Bonchev–Trinajstić information content (AvgIpc) is 2.28. The van der Waals surface area contributed by atoms with Gasteiger partial charge in [-0.1, -0.05) is 30.3 Å². The summed E-state index contributed by atoms with van der Waals surface area (Å²) >= 11 is 0. The number of carboxylic acid groups (broad SMARTS) is 1. The lowest BCUT2D eigenvalue weighted by Gasteiger charge is -2.00. The second kappa shape index (κ2) is 6.34. The van der Waals surface area contributed by atoms with Crippen molar-refractivity contribution in [3.8, 4) is 0 Å². The first-order chi connectivity index (χ1) is 7.68. The normalized spacial score (nSPS) is 10.2. The zero-order chi connectivity index (χ0) is 11.8. The van der Waals surface area contributed by atoms with Crippen LogP contribution < -0.4 is 10.5 Å². The lowest BCUT2D eigenvalue weighted by molar-refractivity contribution is -0.305. The van der Waals surface area contributed by atoms with Crippen LogP contribution in [0.1, 0.15) is 18.4 Å². The Kier molecular flexibility index (Phi) is 4.72. The quantitative estimate of drug-likeness (QED) is 0.543. The fraction of sp³-hybridized carbons (Fsp3) is 0.182. The molecule has 1 N–H and O–H groups in total. The monoisotopic (exact) mass is 219 g/mol. The summed E-state index contributed by atoms with van der Waals surface area (Å²) in [4.78, 5) is 21.1. The lowest BCUT2D eigenvalue weighted by Crippen LogP contribution is -2.25. The van der Waals surface area contributed by atoms with E-state index < -0.39 is 11.9 Å². The maximum absolute atomic E-state index is 11.0. The summed E-state index contributed by atoms with van der Waals surface area (Å²) in [5.41, 5.74) is 3.08. The van der Waals surface area contributed by atoms with E-state index in [1.807, 2.05) is 30.3 Å². The minimum atomic E-state index is -1.25. The van der Waals surface area contributed by atoms with Crippen LogP contribution in [-0.2, 0) is 9.59 Å². The van der Waals surface area contributed by atoms with E-state index in [-0.39, 0.29) is 12.8 Å². The molecule has 0 aliphatic heterocycles. The minimum absolute atomic E-state index is 0.130. The number of hydrogen-bond donors (Lipinski definition) is 1. The van der Waals surface area contributed by atoms with Crippen molar-refractivity contribution in [1.29, 1.82) is 0 Å². The topological polar surface area (TPSA) is 81.6 Å². The predicted molar refractivity (Wildman–Crippen MR) is 56.4 cm³/mol. The Morgan fingerprint density at radius 3 is 2.56 bits per heavy atom. The highest BCUT2D eigenvalue weighted by Crippen LogP contribution is 1.93. The Hall–Kier alpha value is -2.17. The van der Waals surface area contributed by atoms with Gasteiger partial charge in [-0.15, -0.1) is 0 Å². The number of rotatable bonds is 5. The molecule has 0 bridgehead atoms. The number of nitrogens with one attached hydrogen (secondary N) is 1. The molecule has 0 aliphatic carbocycles. The number of benzene rings is 1. The van der Waals surface area contributed by atoms with Crippen LogP contribution in [0.4, 0.5) is 0 Å². The van der Waals surface area contributed by atoms with Crippen LogP contribution in [0.3, 0.4) is 0 Å². The van der Waals surface area contributed by atoms with E-state index in [0.29, 0.717) is 0 Å². The van der Waals surface area contributed by atoms with Gasteiger partial charge >= 0.3 is 0 Å². The summed E-state index contributed by atoms with van der Waals surface area (Å²) in [6, 6.07) is 9.22. The largest absolute Gasteiger partial charge is 0.550 e. The Bertz CT molecular complexity index is 387. The third-order valence-corrected chi connectivity index (χ3v) is 1.76. The number of carboxylic acids is 1. The number of carbonyl (C=O) groups excluding carboxylic acids is 2. The van der Waals surface area contributed by atoms with Crippen molar-refractivity contribution in [3.05, 3.63) is 35.9 Å². The van der Waals surface area contributed by atoms with Crippen molar-refractivity contribution >= 4 is 18.1 Å². The number of carbonyl (C=O) groups is 2. The average molecular weight is 219 g/mol. The van der Waals surface area contributed by atoms with Gasteiger partial charge in [-0.25, -0.2) is 5.43 Å². The summed E-state index contributed by atoms with van der Waals surface area (Å²) in [5.74, 6) is -1.70. The van der Waals surface area contributed by atoms with Crippen molar-refractivity contribution in [2.45, 2.75) is 12.8 Å². The first-order valence-electron chi connectivity index (χ1n) is 4.75. The fourth-order valence-corrected chi connectivity index (χ4v) is 0.989. The molecule has 5 heteroatoms. The van der Waals surface area contributed by atoms with Gasteiger partial charge in [0.2, 0.25) is 5.91 Å². The van der Waals surface area contributed by atoms with Gasteiger partial charge < -0.3 is 9.90 Å². The van der Waals surface area contributed by atoms with Gasteiger partial charge in [0.25, 0.3) is 0 Å². The predicted octanol–water partition coefficient (Wildman–Crippen LogP) is -0.333. The van der Waals surface area contributed by atoms with E-state index in [4.69, 9.17) is 0 Å². The van der Waals surface area contributed by atoms with E-state index in [9.17, 15) is 14.7 Å². The number of aliphatic carboxylic acids is 1. The van der Waals surface area contributed by atoms with Crippen LogP contribution >= 0.6 is 0 Å². The third-order valence-electron chi connectivity index (χ3n) is 1.76. The molecule has 1 aromatic carbocycles. The number of amides is 1. The highest BCUT2D eigenvalue weighted by atomic mass is 16.4. The number of hydrazone groups is 1. The Balaban J connectivity index is 2.32. The van der Waals surface area contributed by atoms with E-state index in [1.165, 1.54) is 6.21 Å². The molecule has 0 heterocycles. The molecule has 0 radical (unpaired) electrons. The standard InChI is InChI=1S/C11H12N2O3/c14-10(6-7-11(15)16)13-12-8-9-4-2-1-3-5-9/h1-5,8H,6-7H2,(H,13,14)(H,15,16)/p-1/b12-8-. The maximum atomic E-state index is 11.0. The van der Waals surface area contributed by atoms with Crippen molar-refractivity contribution < 1.29 is 14.7 Å². The Morgan fingerprint density at radius 2 is 1.94 bits per heavy atom. The molecule has 0 unspecified atom stereocenters. The summed E-state index contributed by atoms with van der Waals surface area (Å²) in [6.07, 6.45) is 1.05. The lowest BCUT2D eigenvalue weighted by atomic mass is 10.2. The highest BCUT2D eigenvalue weighted by molar-refractivity contribution is 5.83. The first-order valence-corrected chi connectivity index (χ1v) is 4.75. The molecule has 0 saturated carbocycles. The molecule has 0 aromatic heterocycles. The third kappa shape index (κ3) is 4.90. The molecular weight excluding hydrogens is 208 g/mol. The molecule has 0 atom stereocenters. The molecule has 84 valence electrons. The fourth-order valence-electron chi connectivity index (χ4n) is 0.989. The van der Waals surface area contributed by atoms with Gasteiger partial charge in [-0.3, -0.25) is 4.79 Å². The van der Waals surface area contributed by atoms with Crippen LogP contribution in [0.25, 0.3) is 0 Å². The molecule has 1 amide bonds. The molecular formula is C11H11N2O3-. The van der Waals surface area contributed by atoms with Crippen LogP contribution in [-0.4, -0.2) is 18.1 Å². The van der Waals surface area contributed by atoms with E-state index in [1.54, 1.807) is 0 Å². The van der Waals surface area contributed by atoms with Crippen molar-refractivity contribution in [2.75, 3.05) is 0 Å². The van der Waals surface area contributed by atoms with E-state index in [2.05, 4.69) is 10.5 Å². The smallest absolute Gasteiger partial charge is 0.240 e.